The van der Waals surface area contributed by atoms with Gasteiger partial charge in [-0.25, -0.2) is 0 Å². The van der Waals surface area contributed by atoms with E-state index in [0.717, 1.165) is 50.0 Å². The summed E-state index contributed by atoms with van der Waals surface area (Å²) >= 11 is 0. The molecule has 0 bridgehead atoms. The van der Waals surface area contributed by atoms with Gasteiger partial charge in [0.1, 0.15) is 17.2 Å². The summed E-state index contributed by atoms with van der Waals surface area (Å²) in [4.78, 5) is 26.5. The van der Waals surface area contributed by atoms with E-state index in [0.29, 0.717) is 23.8 Å². The van der Waals surface area contributed by atoms with Gasteiger partial charge < -0.3 is 20.1 Å². The van der Waals surface area contributed by atoms with E-state index in [1.807, 2.05) is 97.9 Å². The second kappa shape index (κ2) is 18.4. The number of ether oxygens (including phenoxy) is 2. The van der Waals surface area contributed by atoms with E-state index >= 15 is 0 Å². The van der Waals surface area contributed by atoms with Crippen molar-refractivity contribution in [3.63, 3.8) is 0 Å². The molecule has 0 aliphatic rings. The number of benzene rings is 4. The Morgan fingerprint density at radius 1 is 0.652 bits per heavy atom. The molecule has 0 aromatic heterocycles. The van der Waals surface area contributed by atoms with Gasteiger partial charge in [0.2, 0.25) is 5.91 Å². The summed E-state index contributed by atoms with van der Waals surface area (Å²) in [5.74, 6) is 2.48. The van der Waals surface area contributed by atoms with Crippen LogP contribution in [0.5, 0.6) is 17.2 Å². The molecule has 0 saturated heterocycles. The maximum atomic E-state index is 13.4. The Balaban J connectivity index is 1.37. The van der Waals surface area contributed by atoms with Crippen LogP contribution in [-0.4, -0.2) is 30.5 Å². The van der Waals surface area contributed by atoms with Crippen LogP contribution in [0.2, 0.25) is 0 Å². The van der Waals surface area contributed by atoms with Gasteiger partial charge in [0.25, 0.3) is 5.91 Å². The summed E-state index contributed by atoms with van der Waals surface area (Å²) < 4.78 is 11.8. The number of aryl methyl sites for hydroxylation is 2. The van der Waals surface area contributed by atoms with Crippen LogP contribution >= 0.6 is 0 Å². The number of amides is 2. The van der Waals surface area contributed by atoms with Crippen molar-refractivity contribution in [2.24, 2.45) is 5.92 Å². The Morgan fingerprint density at radius 2 is 1.28 bits per heavy atom. The van der Waals surface area contributed by atoms with Crippen molar-refractivity contribution in [3.05, 3.63) is 126 Å². The molecule has 2 amide bonds. The Hall–Kier alpha value is -4.58. The average molecular weight is 621 g/mol. The summed E-state index contributed by atoms with van der Waals surface area (Å²) in [6.45, 7) is 6.75. The quantitative estimate of drug-likeness (QED) is 0.117. The Bertz CT molecular complexity index is 1470. The van der Waals surface area contributed by atoms with Gasteiger partial charge in [-0.3, -0.25) is 9.59 Å². The van der Waals surface area contributed by atoms with E-state index in [2.05, 4.69) is 36.6 Å². The van der Waals surface area contributed by atoms with Gasteiger partial charge in [0.15, 0.2) is 0 Å². The van der Waals surface area contributed by atoms with Crippen LogP contribution in [0, 0.1) is 12.8 Å². The minimum Gasteiger partial charge on any atom is -0.493 e. The van der Waals surface area contributed by atoms with Crippen LogP contribution in [0.1, 0.15) is 73.9 Å². The van der Waals surface area contributed by atoms with Crippen LogP contribution in [0.3, 0.4) is 0 Å². The van der Waals surface area contributed by atoms with Crippen molar-refractivity contribution in [1.82, 2.24) is 10.6 Å². The zero-order chi connectivity index (χ0) is 32.6. The van der Waals surface area contributed by atoms with Crippen molar-refractivity contribution < 1.29 is 19.1 Å². The lowest BCUT2D eigenvalue weighted by molar-refractivity contribution is -0.122. The number of rotatable bonds is 18. The molecule has 46 heavy (non-hydrogen) atoms. The normalized spacial score (nSPS) is 12.3. The second-order valence-electron chi connectivity index (χ2n) is 12.4. The highest BCUT2D eigenvalue weighted by molar-refractivity contribution is 5.94. The highest BCUT2D eigenvalue weighted by atomic mass is 16.5. The van der Waals surface area contributed by atoms with E-state index < -0.39 is 0 Å². The summed E-state index contributed by atoms with van der Waals surface area (Å²) in [5, 5.41) is 6.56. The van der Waals surface area contributed by atoms with Gasteiger partial charge in [-0.2, -0.15) is 0 Å². The van der Waals surface area contributed by atoms with Crippen LogP contribution in [0.4, 0.5) is 0 Å². The standard InChI is InChI=1S/C40H48N2O4/c1-30(2)17-21-35(42-40(44)33-13-10-16-38(29-33)46-37-14-8-5-9-15-37)24-23-34(22-20-32-11-6-4-7-12-32)41-39(43)27-28-45-36-25-18-31(3)19-26-36/h4-16,18-19,25-26,29-30,34-35H,17,20-24,27-28H2,1-3H3,(H,41,43)(H,42,44). The van der Waals surface area contributed by atoms with E-state index in [-0.39, 0.29) is 30.3 Å². The van der Waals surface area contributed by atoms with E-state index in [4.69, 9.17) is 9.47 Å². The van der Waals surface area contributed by atoms with Gasteiger partial charge in [0, 0.05) is 17.6 Å². The fourth-order valence-electron chi connectivity index (χ4n) is 5.29. The molecule has 4 aromatic rings. The van der Waals surface area contributed by atoms with Crippen molar-refractivity contribution in [1.29, 1.82) is 0 Å². The molecule has 2 atom stereocenters. The zero-order valence-electron chi connectivity index (χ0n) is 27.4. The highest BCUT2D eigenvalue weighted by Gasteiger charge is 2.19. The minimum atomic E-state index is -0.120. The fraction of sp³-hybridized carbons (Fsp3) is 0.350. The molecule has 0 aliphatic heterocycles. The molecule has 2 unspecified atom stereocenters. The molecule has 4 aromatic carbocycles. The molecule has 4 rings (SSSR count). The molecule has 0 heterocycles. The zero-order valence-corrected chi connectivity index (χ0v) is 27.4. The molecule has 0 fully saturated rings. The Labute approximate surface area is 274 Å². The lowest BCUT2D eigenvalue weighted by Crippen LogP contribution is -2.39. The number of carbonyl (C=O) groups is 2. The van der Waals surface area contributed by atoms with Crippen molar-refractivity contribution >= 4 is 11.8 Å². The monoisotopic (exact) mass is 620 g/mol. The maximum absolute atomic E-state index is 13.4. The number of para-hydroxylation sites is 1. The smallest absolute Gasteiger partial charge is 0.251 e. The van der Waals surface area contributed by atoms with Crippen molar-refractivity contribution in [2.75, 3.05) is 6.61 Å². The Kier molecular flexibility index (Phi) is 13.7. The summed E-state index contributed by atoms with van der Waals surface area (Å²) in [7, 11) is 0. The van der Waals surface area contributed by atoms with Gasteiger partial charge >= 0.3 is 0 Å². The molecule has 0 spiro atoms. The van der Waals surface area contributed by atoms with E-state index in [9.17, 15) is 9.59 Å². The number of hydrogen-bond donors (Lipinski definition) is 2. The predicted molar refractivity (Wildman–Crippen MR) is 186 cm³/mol. The molecular weight excluding hydrogens is 572 g/mol. The largest absolute Gasteiger partial charge is 0.493 e. The maximum Gasteiger partial charge on any atom is 0.251 e. The molecule has 6 heteroatoms. The highest BCUT2D eigenvalue weighted by Crippen LogP contribution is 2.23. The first-order chi connectivity index (χ1) is 22.3. The first-order valence-corrected chi connectivity index (χ1v) is 16.5. The molecule has 0 aliphatic carbocycles. The predicted octanol–water partition coefficient (Wildman–Crippen LogP) is 8.69. The first kappa shape index (κ1) is 34.3. The Morgan fingerprint density at radius 3 is 1.98 bits per heavy atom. The number of nitrogens with one attached hydrogen (secondary N) is 2. The fourth-order valence-corrected chi connectivity index (χ4v) is 5.29. The first-order valence-electron chi connectivity index (χ1n) is 16.5. The minimum absolute atomic E-state index is 0.0189. The SMILES string of the molecule is Cc1ccc(OCCC(=O)NC(CCc2ccccc2)CCC(CCC(C)C)NC(=O)c2cccc(Oc3ccccc3)c2)cc1. The lowest BCUT2D eigenvalue weighted by Gasteiger charge is -2.24. The van der Waals surface area contributed by atoms with E-state index in [1.54, 1.807) is 6.07 Å². The van der Waals surface area contributed by atoms with Gasteiger partial charge in [-0.15, -0.1) is 0 Å². The number of hydrogen-bond acceptors (Lipinski definition) is 4. The molecule has 242 valence electrons. The summed E-state index contributed by atoms with van der Waals surface area (Å²) in [6.07, 6.45) is 5.36. The van der Waals surface area contributed by atoms with Gasteiger partial charge in [-0.1, -0.05) is 86.1 Å². The number of carbonyl (C=O) groups excluding carboxylic acids is 2. The second-order valence-corrected chi connectivity index (χ2v) is 12.4. The third-order valence-corrected chi connectivity index (χ3v) is 7.97. The van der Waals surface area contributed by atoms with Crippen LogP contribution in [0.15, 0.2) is 109 Å². The topological polar surface area (TPSA) is 76.7 Å². The molecular formula is C40H48N2O4. The van der Waals surface area contributed by atoms with E-state index in [1.165, 1.54) is 11.1 Å². The summed E-state index contributed by atoms with van der Waals surface area (Å²) in [6, 6.07) is 35.0. The third-order valence-electron chi connectivity index (χ3n) is 7.97. The van der Waals surface area contributed by atoms with Crippen LogP contribution in [-0.2, 0) is 11.2 Å². The van der Waals surface area contributed by atoms with Crippen LogP contribution < -0.4 is 20.1 Å². The van der Waals surface area contributed by atoms with Crippen LogP contribution in [0.25, 0.3) is 0 Å². The summed E-state index contributed by atoms with van der Waals surface area (Å²) in [5.41, 5.74) is 2.97. The molecule has 0 saturated carbocycles. The molecule has 6 nitrogen and oxygen atoms in total. The van der Waals surface area contributed by atoms with Gasteiger partial charge in [0.05, 0.1) is 13.0 Å². The third kappa shape index (κ3) is 12.4. The lowest BCUT2D eigenvalue weighted by atomic mass is 9.95. The van der Waals surface area contributed by atoms with Crippen molar-refractivity contribution in [3.8, 4) is 17.2 Å². The molecule has 2 N–H and O–H groups in total. The molecule has 0 radical (unpaired) electrons. The van der Waals surface area contributed by atoms with Crippen molar-refractivity contribution in [2.45, 2.75) is 77.8 Å². The average Bonchev–Trinajstić information content (AvgIpc) is 3.06. The van der Waals surface area contributed by atoms with Gasteiger partial charge in [-0.05, 0) is 99.4 Å².